The monoisotopic (exact) mass is 294 g/mol. The largest absolute Gasteiger partial charge is 0.471 e. The number of esters is 1. The van der Waals surface area contributed by atoms with Gasteiger partial charge in [0, 0.05) is 24.0 Å². The molecule has 1 heterocycles. The fourth-order valence-corrected chi connectivity index (χ4v) is 2.25. The second-order valence-electron chi connectivity index (χ2n) is 4.63. The molecule has 1 aromatic carbocycles. The average Bonchev–Trinajstić information content (AvgIpc) is 2.55. The number of nitrogens with zero attached hydrogens (tertiary/aromatic N) is 2. The number of anilines is 1. The minimum Gasteiger partial charge on any atom is -0.471 e. The van der Waals surface area contributed by atoms with Crippen LogP contribution in [0.5, 0.6) is 0 Å². The minimum absolute atomic E-state index is 0.0156. The third-order valence-corrected chi connectivity index (χ3v) is 3.32. The average molecular weight is 294 g/mol. The molecule has 0 saturated heterocycles. The van der Waals surface area contributed by atoms with E-state index >= 15 is 0 Å². The molecular weight excluding hydrogens is 276 g/mol. The number of benzene rings is 1. The number of para-hydroxylation sites is 1. The zero-order valence-electron chi connectivity index (χ0n) is 12.7. The van der Waals surface area contributed by atoms with E-state index in [1.54, 1.807) is 13.0 Å². The van der Waals surface area contributed by atoms with Crippen molar-refractivity contribution in [1.82, 2.24) is 0 Å². The Hall–Kier alpha value is -2.80. The number of carbonyl (C=O) groups is 1. The van der Waals surface area contributed by atoms with E-state index in [9.17, 15) is 4.79 Å². The summed E-state index contributed by atoms with van der Waals surface area (Å²) in [5.74, 6) is -0.586. The van der Waals surface area contributed by atoms with Gasteiger partial charge < -0.3 is 9.64 Å². The van der Waals surface area contributed by atoms with E-state index in [1.165, 1.54) is 6.08 Å². The smallest absolute Gasteiger partial charge is 0.336 e. The van der Waals surface area contributed by atoms with Gasteiger partial charge in [-0.2, -0.15) is 0 Å². The summed E-state index contributed by atoms with van der Waals surface area (Å²) in [6, 6.07) is 8.06. The Labute approximate surface area is 130 Å². The molecule has 1 aromatic rings. The zero-order chi connectivity index (χ0) is 15.9. The summed E-state index contributed by atoms with van der Waals surface area (Å²) in [6.07, 6.45) is 7.29. The summed E-state index contributed by atoms with van der Waals surface area (Å²) < 4.78 is 4.86. The molecule has 4 heteroatoms. The molecule has 0 saturated carbocycles. The maximum atomic E-state index is 11.6. The Balaban J connectivity index is 2.37. The summed E-state index contributed by atoms with van der Waals surface area (Å²) in [5.41, 5.74) is 3.15. The van der Waals surface area contributed by atoms with Crippen molar-refractivity contribution in [3.63, 3.8) is 0 Å². The Morgan fingerprint density at radius 1 is 1.36 bits per heavy atom. The number of hydrogen-bond donors (Lipinski definition) is 0. The standard InChI is InChI=1S/C18H18N2O2/c1-4-20-13-12-14(15-8-6-7-9-17(15)20)10-11-16(19-3)18(21)22-5-2/h6-13H,4-5H2,1-2H3/b14-10+,16-11-. The lowest BCUT2D eigenvalue weighted by Gasteiger charge is -2.26. The van der Waals surface area contributed by atoms with Crippen LogP contribution >= 0.6 is 0 Å². The van der Waals surface area contributed by atoms with E-state index in [4.69, 9.17) is 11.3 Å². The van der Waals surface area contributed by atoms with Crippen molar-refractivity contribution in [2.75, 3.05) is 18.1 Å². The van der Waals surface area contributed by atoms with Crippen LogP contribution in [-0.2, 0) is 9.53 Å². The molecule has 0 spiro atoms. The molecule has 1 aliphatic rings. The van der Waals surface area contributed by atoms with Crippen LogP contribution in [-0.4, -0.2) is 19.1 Å². The van der Waals surface area contributed by atoms with Crippen LogP contribution in [0.2, 0.25) is 0 Å². The summed E-state index contributed by atoms with van der Waals surface area (Å²) in [6.45, 7) is 12.0. The molecule has 0 bridgehead atoms. The second-order valence-corrected chi connectivity index (χ2v) is 4.63. The van der Waals surface area contributed by atoms with Crippen LogP contribution in [0.15, 0.2) is 54.4 Å². The maximum Gasteiger partial charge on any atom is 0.336 e. The van der Waals surface area contributed by atoms with E-state index in [0.29, 0.717) is 0 Å². The van der Waals surface area contributed by atoms with Gasteiger partial charge in [0.05, 0.1) is 13.2 Å². The number of fused-ring (bicyclic) bond motifs is 1. The van der Waals surface area contributed by atoms with E-state index in [1.807, 2.05) is 30.5 Å². The number of ether oxygens (including phenoxy) is 1. The molecule has 2 rings (SSSR count). The highest BCUT2D eigenvalue weighted by Gasteiger charge is 2.14. The van der Waals surface area contributed by atoms with Crippen LogP contribution in [0, 0.1) is 6.57 Å². The van der Waals surface area contributed by atoms with E-state index < -0.39 is 5.97 Å². The summed E-state index contributed by atoms with van der Waals surface area (Å²) >= 11 is 0. The molecule has 0 radical (unpaired) electrons. The molecule has 4 nitrogen and oxygen atoms in total. The van der Waals surface area contributed by atoms with Gasteiger partial charge in [0.25, 0.3) is 5.70 Å². The van der Waals surface area contributed by atoms with Gasteiger partial charge in [0.1, 0.15) is 0 Å². The van der Waals surface area contributed by atoms with Crippen LogP contribution in [0.25, 0.3) is 10.4 Å². The molecule has 0 unspecified atom stereocenters. The topological polar surface area (TPSA) is 33.9 Å². The van der Waals surface area contributed by atoms with Gasteiger partial charge >= 0.3 is 5.97 Å². The van der Waals surface area contributed by atoms with Crippen molar-refractivity contribution in [3.05, 3.63) is 71.4 Å². The van der Waals surface area contributed by atoms with Gasteiger partial charge in [-0.1, -0.05) is 24.3 Å². The predicted molar refractivity (Wildman–Crippen MR) is 87.9 cm³/mol. The van der Waals surface area contributed by atoms with Crippen LogP contribution in [0.4, 0.5) is 5.69 Å². The first-order valence-electron chi connectivity index (χ1n) is 7.22. The molecule has 0 aliphatic carbocycles. The quantitative estimate of drug-likeness (QED) is 0.481. The van der Waals surface area contributed by atoms with Crippen molar-refractivity contribution in [2.24, 2.45) is 0 Å². The summed E-state index contributed by atoms with van der Waals surface area (Å²) in [4.78, 5) is 17.0. The molecule has 0 fully saturated rings. The Morgan fingerprint density at radius 3 is 2.82 bits per heavy atom. The third kappa shape index (κ3) is 3.26. The SMILES string of the molecule is [C-]#[N+]/C(=C\C=C1/C=CN(CC)c2ccccc21)C(=O)OCC. The molecule has 22 heavy (non-hydrogen) atoms. The first-order chi connectivity index (χ1) is 10.7. The highest BCUT2D eigenvalue weighted by Crippen LogP contribution is 2.32. The van der Waals surface area contributed by atoms with Crippen molar-refractivity contribution in [3.8, 4) is 0 Å². The number of allylic oxidation sites excluding steroid dienone is 4. The van der Waals surface area contributed by atoms with E-state index in [-0.39, 0.29) is 12.3 Å². The van der Waals surface area contributed by atoms with Gasteiger partial charge in [-0.15, -0.1) is 0 Å². The maximum absolute atomic E-state index is 11.6. The zero-order valence-corrected chi connectivity index (χ0v) is 12.7. The Morgan fingerprint density at radius 2 is 2.14 bits per heavy atom. The molecule has 0 N–H and O–H groups in total. The van der Waals surface area contributed by atoms with Crippen molar-refractivity contribution >= 4 is 17.2 Å². The Kier molecular flexibility index (Phi) is 5.16. The number of hydrogen-bond acceptors (Lipinski definition) is 3. The molecule has 0 atom stereocenters. The van der Waals surface area contributed by atoms with Crippen molar-refractivity contribution < 1.29 is 9.53 Å². The van der Waals surface area contributed by atoms with Gasteiger partial charge in [-0.3, -0.25) is 4.79 Å². The second kappa shape index (κ2) is 7.28. The summed E-state index contributed by atoms with van der Waals surface area (Å²) in [7, 11) is 0. The highest BCUT2D eigenvalue weighted by molar-refractivity contribution is 5.92. The lowest BCUT2D eigenvalue weighted by atomic mass is 9.99. The van der Waals surface area contributed by atoms with Gasteiger partial charge in [-0.25, -0.2) is 4.85 Å². The van der Waals surface area contributed by atoms with Gasteiger partial charge in [-0.05, 0) is 37.6 Å². The predicted octanol–water partition coefficient (Wildman–Crippen LogP) is 3.79. The Bertz CT molecular complexity index is 693. The minimum atomic E-state index is -0.586. The fourth-order valence-electron chi connectivity index (χ4n) is 2.25. The van der Waals surface area contributed by atoms with Crippen molar-refractivity contribution in [1.29, 1.82) is 0 Å². The third-order valence-electron chi connectivity index (χ3n) is 3.32. The summed E-state index contributed by atoms with van der Waals surface area (Å²) in [5, 5.41) is 0. The van der Waals surface area contributed by atoms with Crippen LogP contribution in [0.3, 0.4) is 0 Å². The van der Waals surface area contributed by atoms with E-state index in [0.717, 1.165) is 23.4 Å². The lowest BCUT2D eigenvalue weighted by Crippen LogP contribution is -2.18. The van der Waals surface area contributed by atoms with Crippen LogP contribution < -0.4 is 4.90 Å². The van der Waals surface area contributed by atoms with Crippen molar-refractivity contribution in [2.45, 2.75) is 13.8 Å². The van der Waals surface area contributed by atoms with E-state index in [2.05, 4.69) is 22.7 Å². The number of rotatable bonds is 4. The molecule has 0 aromatic heterocycles. The van der Waals surface area contributed by atoms with Crippen LogP contribution in [0.1, 0.15) is 19.4 Å². The number of carbonyl (C=O) groups excluding carboxylic acids is 1. The molecule has 0 amide bonds. The molecule has 112 valence electrons. The highest BCUT2D eigenvalue weighted by atomic mass is 16.5. The molecular formula is C18H18N2O2. The molecule has 1 aliphatic heterocycles. The van der Waals surface area contributed by atoms with Gasteiger partial charge in [0.15, 0.2) is 0 Å². The van der Waals surface area contributed by atoms with Gasteiger partial charge in [0.2, 0.25) is 0 Å². The first-order valence-corrected chi connectivity index (χ1v) is 7.22. The normalized spacial score (nSPS) is 15.4. The fraction of sp³-hybridized carbons (Fsp3) is 0.222. The lowest BCUT2D eigenvalue weighted by molar-refractivity contribution is -0.138. The first kappa shape index (κ1) is 15.6.